The number of halogens is 3. The zero-order valence-electron chi connectivity index (χ0n) is 31.7. The van der Waals surface area contributed by atoms with Crippen LogP contribution < -0.4 is 15.1 Å². The molecule has 5 aliphatic rings. The van der Waals surface area contributed by atoms with E-state index in [1.54, 1.807) is 24.4 Å². The van der Waals surface area contributed by atoms with E-state index in [0.29, 0.717) is 60.1 Å². The zero-order valence-corrected chi connectivity index (χ0v) is 31.7. The molecule has 3 saturated heterocycles. The van der Waals surface area contributed by atoms with Crippen molar-refractivity contribution in [2.75, 3.05) is 69.2 Å². The Bertz CT molecular complexity index is 2280. The van der Waals surface area contributed by atoms with Crippen molar-refractivity contribution in [2.45, 2.75) is 57.7 Å². The van der Waals surface area contributed by atoms with Gasteiger partial charge in [0.05, 0.1) is 16.8 Å². The Hall–Kier alpha value is -5.35. The first-order valence-electron chi connectivity index (χ1n) is 19.8. The lowest BCUT2D eigenvalue weighted by Gasteiger charge is -2.38. The summed E-state index contributed by atoms with van der Waals surface area (Å²) in [7, 11) is 1.91. The number of likely N-dealkylation sites (N-methyl/N-ethyl adjacent to an activating group) is 1. The molecule has 1 N–H and O–H groups in total. The number of anilines is 2. The smallest absolute Gasteiger partial charge is 0.320 e. The fourth-order valence-electron chi connectivity index (χ4n) is 9.24. The van der Waals surface area contributed by atoms with Crippen molar-refractivity contribution in [3.8, 4) is 11.3 Å². The number of pyridine rings is 2. The van der Waals surface area contributed by atoms with Crippen molar-refractivity contribution in [1.82, 2.24) is 34.6 Å². The molecule has 1 aromatic carbocycles. The molecule has 0 saturated carbocycles. The van der Waals surface area contributed by atoms with E-state index >= 15 is 4.39 Å². The molecule has 0 spiro atoms. The van der Waals surface area contributed by atoms with Gasteiger partial charge in [-0.2, -0.15) is 8.78 Å². The lowest BCUT2D eigenvalue weighted by Crippen LogP contribution is -2.54. The van der Waals surface area contributed by atoms with E-state index < -0.39 is 42.0 Å². The van der Waals surface area contributed by atoms with Crippen LogP contribution in [0.4, 0.5) is 24.7 Å². The first kappa shape index (κ1) is 37.2. The largest absolute Gasteiger partial charge is 0.369 e. The van der Waals surface area contributed by atoms with Crippen LogP contribution in [-0.4, -0.2) is 118 Å². The molecule has 1 atom stereocenters. The third-order valence-electron chi connectivity index (χ3n) is 12.5. The lowest BCUT2D eigenvalue weighted by molar-refractivity contribution is -0.136. The standard InChI is InChI=1S/C41H44F3N9O4/c1-48-12-11-27-28-4-5-32(46-36(28)52(41(43)44)34(27)23-48)25-20-31(42)37(45-22-25)51-14-9-24(10-15-51)8-13-49-16-18-50(19-17-49)26-2-3-29-30(21-26)40(57)53(39(29)56)33-6-7-35(54)47-38(33)55/h2-5,20-22,24,33,41H,6-19,23H2,1H3,(H,47,54,55). The number of piperazine rings is 1. The second-order valence-corrected chi connectivity index (χ2v) is 15.9. The lowest BCUT2D eigenvalue weighted by atomic mass is 9.93. The van der Waals surface area contributed by atoms with Gasteiger partial charge in [-0.05, 0) is 93.6 Å². The highest BCUT2D eigenvalue weighted by atomic mass is 19.3. The van der Waals surface area contributed by atoms with Crippen molar-refractivity contribution in [2.24, 2.45) is 5.92 Å². The van der Waals surface area contributed by atoms with Crippen molar-refractivity contribution >= 4 is 46.2 Å². The van der Waals surface area contributed by atoms with Crippen LogP contribution in [0.3, 0.4) is 0 Å². The van der Waals surface area contributed by atoms with E-state index in [4.69, 9.17) is 0 Å². The van der Waals surface area contributed by atoms with Crippen molar-refractivity contribution < 1.29 is 32.3 Å². The van der Waals surface area contributed by atoms with Gasteiger partial charge in [0.2, 0.25) is 11.8 Å². The van der Waals surface area contributed by atoms with Crippen molar-refractivity contribution in [1.29, 1.82) is 0 Å². The molecule has 5 aliphatic heterocycles. The summed E-state index contributed by atoms with van der Waals surface area (Å²) in [6.45, 7) is 4.03. The maximum atomic E-state index is 15.6. The molecule has 8 heterocycles. The quantitative estimate of drug-likeness (QED) is 0.256. The van der Waals surface area contributed by atoms with Gasteiger partial charge in [0.25, 0.3) is 11.8 Å². The van der Waals surface area contributed by atoms with Gasteiger partial charge in [-0.3, -0.25) is 38.9 Å². The van der Waals surface area contributed by atoms with E-state index in [2.05, 4.69) is 25.1 Å². The number of carbonyl (C=O) groups is 4. The molecular weight excluding hydrogens is 740 g/mol. The minimum absolute atomic E-state index is 0.0778. The van der Waals surface area contributed by atoms with Crippen LogP contribution >= 0.6 is 0 Å². The Labute approximate surface area is 327 Å². The Morgan fingerprint density at radius 3 is 2.37 bits per heavy atom. The molecule has 3 aromatic heterocycles. The number of hydrogen-bond donors (Lipinski definition) is 1. The number of imide groups is 2. The highest BCUT2D eigenvalue weighted by Crippen LogP contribution is 2.36. The number of alkyl halides is 2. The monoisotopic (exact) mass is 783 g/mol. The first-order chi connectivity index (χ1) is 27.5. The minimum Gasteiger partial charge on any atom is -0.369 e. The number of nitrogens with one attached hydrogen (secondary N) is 1. The molecule has 0 aliphatic carbocycles. The van der Waals surface area contributed by atoms with Gasteiger partial charge in [0.1, 0.15) is 11.7 Å². The summed E-state index contributed by atoms with van der Waals surface area (Å²) in [5.74, 6) is -1.70. The Balaban J connectivity index is 0.768. The molecule has 0 radical (unpaired) electrons. The van der Waals surface area contributed by atoms with Crippen LogP contribution in [0.2, 0.25) is 0 Å². The number of rotatable bonds is 8. The summed E-state index contributed by atoms with van der Waals surface area (Å²) < 4.78 is 45.1. The molecule has 298 valence electrons. The Kier molecular flexibility index (Phi) is 9.71. The first-order valence-corrected chi connectivity index (χ1v) is 19.8. The molecular formula is C41H44F3N9O4. The maximum absolute atomic E-state index is 15.6. The molecule has 57 heavy (non-hydrogen) atoms. The highest BCUT2D eigenvalue weighted by molar-refractivity contribution is 6.23. The molecule has 3 fully saturated rings. The van der Waals surface area contributed by atoms with Crippen LogP contribution in [0, 0.1) is 11.7 Å². The molecule has 1 unspecified atom stereocenters. The predicted molar refractivity (Wildman–Crippen MR) is 206 cm³/mol. The van der Waals surface area contributed by atoms with Crippen LogP contribution in [0.25, 0.3) is 22.3 Å². The van der Waals surface area contributed by atoms with E-state index in [1.807, 2.05) is 29.0 Å². The topological polar surface area (TPSA) is 127 Å². The van der Waals surface area contributed by atoms with E-state index in [0.717, 1.165) is 79.2 Å². The number of benzene rings is 1. The minimum atomic E-state index is -2.73. The number of nitrogens with zero attached hydrogens (tertiary/aromatic N) is 8. The van der Waals surface area contributed by atoms with Crippen molar-refractivity contribution in [3.63, 3.8) is 0 Å². The number of aromatic nitrogens is 3. The summed E-state index contributed by atoms with van der Waals surface area (Å²) in [4.78, 5) is 69.2. The van der Waals surface area contributed by atoms with Gasteiger partial charge in [-0.1, -0.05) is 0 Å². The van der Waals surface area contributed by atoms with Gasteiger partial charge in [0.15, 0.2) is 11.6 Å². The molecule has 0 bridgehead atoms. The maximum Gasteiger partial charge on any atom is 0.320 e. The van der Waals surface area contributed by atoms with Crippen LogP contribution in [0.5, 0.6) is 0 Å². The summed E-state index contributed by atoms with van der Waals surface area (Å²) in [5, 5.41) is 2.95. The number of amides is 4. The van der Waals surface area contributed by atoms with E-state index in [1.165, 1.54) is 6.07 Å². The van der Waals surface area contributed by atoms with E-state index in [-0.39, 0.29) is 29.6 Å². The fourth-order valence-corrected chi connectivity index (χ4v) is 9.24. The van der Waals surface area contributed by atoms with Crippen LogP contribution in [0.1, 0.15) is 70.6 Å². The fraction of sp³-hybridized carbons (Fsp3) is 0.463. The molecule has 4 amide bonds. The van der Waals surface area contributed by atoms with Crippen LogP contribution in [-0.2, 0) is 22.6 Å². The summed E-state index contributed by atoms with van der Waals surface area (Å²) >= 11 is 0. The number of piperidine rings is 2. The number of carbonyl (C=O) groups excluding carboxylic acids is 4. The number of hydrogen-bond acceptors (Lipinski definition) is 10. The molecule has 4 aromatic rings. The normalized spacial score (nSPS) is 21.2. The second-order valence-electron chi connectivity index (χ2n) is 15.9. The summed E-state index contributed by atoms with van der Waals surface area (Å²) in [5.41, 5.74) is 3.96. The molecule has 16 heteroatoms. The predicted octanol–water partition coefficient (Wildman–Crippen LogP) is 4.45. The highest BCUT2D eigenvalue weighted by Gasteiger charge is 2.45. The molecule has 9 rings (SSSR count). The average Bonchev–Trinajstić information content (AvgIpc) is 3.66. The Morgan fingerprint density at radius 1 is 0.860 bits per heavy atom. The Morgan fingerprint density at radius 2 is 1.63 bits per heavy atom. The van der Waals surface area contributed by atoms with Crippen LogP contribution in [0.15, 0.2) is 42.6 Å². The summed E-state index contributed by atoms with van der Waals surface area (Å²) in [6, 6.07) is 9.24. The van der Waals surface area contributed by atoms with Gasteiger partial charge in [0, 0.05) is 87.3 Å². The SMILES string of the molecule is CN1CCc2c(n(C(F)F)c3nc(-c4cnc(N5CCC(CCN6CCN(c7ccc8c(c7)C(=O)N(C7CCC(=O)NC7=O)C8=O)CC6)CC5)c(F)c4)ccc23)C1. The van der Waals surface area contributed by atoms with Gasteiger partial charge in [-0.25, -0.2) is 14.4 Å². The van der Waals surface area contributed by atoms with Gasteiger partial charge < -0.3 is 14.7 Å². The summed E-state index contributed by atoms with van der Waals surface area (Å²) in [6.07, 6.45) is 5.32. The molecule has 13 nitrogen and oxygen atoms in total. The van der Waals surface area contributed by atoms with E-state index in [9.17, 15) is 28.0 Å². The van der Waals surface area contributed by atoms with Gasteiger partial charge in [-0.15, -0.1) is 0 Å². The zero-order chi connectivity index (χ0) is 39.5. The third kappa shape index (κ3) is 6.81. The average molecular weight is 784 g/mol. The third-order valence-corrected chi connectivity index (χ3v) is 12.5. The second kappa shape index (κ2) is 14.9. The number of fused-ring (bicyclic) bond motifs is 4. The van der Waals surface area contributed by atoms with Gasteiger partial charge >= 0.3 is 6.55 Å². The van der Waals surface area contributed by atoms with Crippen molar-refractivity contribution in [3.05, 3.63) is 70.8 Å².